The average Bonchev–Trinajstić information content (AvgIpc) is 3.10. The van der Waals surface area contributed by atoms with Crippen molar-refractivity contribution in [2.45, 2.75) is 51.0 Å². The molecule has 2 aliphatic rings. The van der Waals surface area contributed by atoms with Crippen LogP contribution in [0.2, 0.25) is 0 Å². The number of rotatable bonds is 6. The Bertz CT molecular complexity index is 1490. The highest BCUT2D eigenvalue weighted by Gasteiger charge is 2.47. The Labute approximate surface area is 231 Å². The minimum Gasteiger partial charge on any atom is -0.395 e. The van der Waals surface area contributed by atoms with Crippen molar-refractivity contribution in [2.75, 3.05) is 49.5 Å². The number of aliphatic hydroxyl groups is 1. The molecule has 10 heteroatoms. The standard InChI is InChI=1S/C29H39N7O2S/c1-19-16-22(10-11-23(19)21-12-14-35(4)15-13-21)31-28-30-17-24-27(33-28)36(20(2)29(24,3)18-37)26-9-7-8-25(32-26)34-39(5,6)38/h7-11,16-17,20-21,37H,12-15,18H2,1-6H3,(H,30,31,33)/t20-,29-/m0/s1. The van der Waals surface area contributed by atoms with Crippen molar-refractivity contribution in [1.82, 2.24) is 19.9 Å². The normalized spacial score (nSPS) is 22.1. The molecule has 0 radical (unpaired) electrons. The van der Waals surface area contributed by atoms with Crippen LogP contribution in [0.15, 0.2) is 47.0 Å². The van der Waals surface area contributed by atoms with Crippen LogP contribution in [0.1, 0.15) is 49.3 Å². The highest BCUT2D eigenvalue weighted by atomic mass is 32.2. The lowest BCUT2D eigenvalue weighted by Gasteiger charge is -2.31. The molecule has 0 aliphatic carbocycles. The maximum atomic E-state index is 12.3. The largest absolute Gasteiger partial charge is 0.395 e. The minimum absolute atomic E-state index is 0.0623. The highest BCUT2D eigenvalue weighted by Crippen LogP contribution is 2.47. The molecule has 1 aromatic carbocycles. The van der Waals surface area contributed by atoms with E-state index in [1.54, 1.807) is 24.8 Å². The second kappa shape index (κ2) is 10.5. The van der Waals surface area contributed by atoms with Crippen LogP contribution in [-0.2, 0) is 15.1 Å². The van der Waals surface area contributed by atoms with Crippen molar-refractivity contribution in [3.05, 3.63) is 59.3 Å². The molecule has 0 amide bonds. The number of pyridine rings is 1. The van der Waals surface area contributed by atoms with E-state index < -0.39 is 15.1 Å². The zero-order valence-corrected chi connectivity index (χ0v) is 24.5. The van der Waals surface area contributed by atoms with Gasteiger partial charge in [-0.05, 0) is 88.1 Å². The summed E-state index contributed by atoms with van der Waals surface area (Å²) in [6.07, 6.45) is 7.35. The molecule has 2 N–H and O–H groups in total. The van der Waals surface area contributed by atoms with Gasteiger partial charge in [-0.3, -0.25) is 0 Å². The van der Waals surface area contributed by atoms with Crippen molar-refractivity contribution in [1.29, 1.82) is 0 Å². The fourth-order valence-corrected chi connectivity index (χ4v) is 6.27. The van der Waals surface area contributed by atoms with Gasteiger partial charge in [-0.15, -0.1) is 0 Å². The van der Waals surface area contributed by atoms with Crippen molar-refractivity contribution in [3.8, 4) is 0 Å². The van der Waals surface area contributed by atoms with Crippen LogP contribution < -0.4 is 10.2 Å². The van der Waals surface area contributed by atoms with Gasteiger partial charge in [-0.2, -0.15) is 9.35 Å². The van der Waals surface area contributed by atoms with Gasteiger partial charge in [0.25, 0.3) is 0 Å². The Balaban J connectivity index is 1.47. The van der Waals surface area contributed by atoms with Crippen LogP contribution in [0.4, 0.5) is 29.1 Å². The first kappa shape index (κ1) is 27.5. The quantitative estimate of drug-likeness (QED) is 0.448. The predicted molar refractivity (Wildman–Crippen MR) is 158 cm³/mol. The van der Waals surface area contributed by atoms with Crippen LogP contribution >= 0.6 is 0 Å². The summed E-state index contributed by atoms with van der Waals surface area (Å²) in [6.45, 7) is 8.44. The lowest BCUT2D eigenvalue weighted by molar-refractivity contribution is 0.194. The first-order valence-corrected chi connectivity index (χ1v) is 15.8. The molecular formula is C29H39N7O2S. The van der Waals surface area contributed by atoms with Gasteiger partial charge in [0.05, 0.1) is 6.61 Å². The fourth-order valence-electron chi connectivity index (χ4n) is 5.72. The van der Waals surface area contributed by atoms with E-state index >= 15 is 0 Å². The van der Waals surface area contributed by atoms with Gasteiger partial charge >= 0.3 is 0 Å². The fraction of sp³-hybridized carbons (Fsp3) is 0.483. The molecule has 1 fully saturated rings. The smallest absolute Gasteiger partial charge is 0.229 e. The van der Waals surface area contributed by atoms with Crippen LogP contribution in [-0.4, -0.2) is 74.5 Å². The Hall–Kier alpha value is -3.08. The summed E-state index contributed by atoms with van der Waals surface area (Å²) in [6, 6.07) is 11.8. The third-order valence-electron chi connectivity index (χ3n) is 8.21. The van der Waals surface area contributed by atoms with Gasteiger partial charge in [-0.25, -0.2) is 14.2 Å². The second-order valence-electron chi connectivity index (χ2n) is 11.5. The number of benzene rings is 1. The van der Waals surface area contributed by atoms with E-state index in [0.717, 1.165) is 24.3 Å². The molecule has 0 bridgehead atoms. The van der Waals surface area contributed by atoms with Crippen LogP contribution in [0.3, 0.4) is 0 Å². The van der Waals surface area contributed by atoms with Crippen molar-refractivity contribution >= 4 is 38.8 Å². The summed E-state index contributed by atoms with van der Waals surface area (Å²) in [7, 11) is -0.172. The first-order chi connectivity index (χ1) is 18.5. The highest BCUT2D eigenvalue weighted by molar-refractivity contribution is 7.92. The summed E-state index contributed by atoms with van der Waals surface area (Å²) in [5, 5.41) is 13.8. The molecule has 4 heterocycles. The number of hydrogen-bond donors (Lipinski definition) is 2. The van der Waals surface area contributed by atoms with Gasteiger partial charge in [0.15, 0.2) is 5.82 Å². The van der Waals surface area contributed by atoms with E-state index in [9.17, 15) is 9.32 Å². The number of aryl methyl sites for hydroxylation is 1. The molecule has 39 heavy (non-hydrogen) atoms. The van der Waals surface area contributed by atoms with E-state index in [-0.39, 0.29) is 12.6 Å². The minimum atomic E-state index is -2.36. The third-order valence-corrected chi connectivity index (χ3v) is 8.84. The Morgan fingerprint density at radius 2 is 1.92 bits per heavy atom. The van der Waals surface area contributed by atoms with E-state index in [0.29, 0.717) is 29.3 Å². The number of aromatic nitrogens is 3. The first-order valence-electron chi connectivity index (χ1n) is 13.5. The lowest BCUT2D eigenvalue weighted by Crippen LogP contribution is -2.41. The summed E-state index contributed by atoms with van der Waals surface area (Å²) in [4.78, 5) is 18.6. The molecule has 3 aromatic rings. The molecule has 0 spiro atoms. The van der Waals surface area contributed by atoms with E-state index in [4.69, 9.17) is 4.98 Å². The van der Waals surface area contributed by atoms with Crippen molar-refractivity contribution in [3.63, 3.8) is 0 Å². The summed E-state index contributed by atoms with van der Waals surface area (Å²) < 4.78 is 16.6. The number of fused-ring (bicyclic) bond motifs is 1. The van der Waals surface area contributed by atoms with E-state index in [1.807, 2.05) is 30.9 Å². The average molecular weight is 550 g/mol. The molecule has 2 aliphatic heterocycles. The number of likely N-dealkylation sites (tertiary alicyclic amines) is 1. The van der Waals surface area contributed by atoms with Gasteiger partial charge < -0.3 is 20.2 Å². The van der Waals surface area contributed by atoms with Crippen LogP contribution in [0.25, 0.3) is 0 Å². The molecule has 2 atom stereocenters. The predicted octanol–water partition coefficient (Wildman–Crippen LogP) is 4.88. The van der Waals surface area contributed by atoms with Crippen molar-refractivity contribution in [2.24, 2.45) is 4.36 Å². The number of piperidine rings is 1. The monoisotopic (exact) mass is 549 g/mol. The number of anilines is 4. The number of hydrogen-bond acceptors (Lipinski definition) is 9. The van der Waals surface area contributed by atoms with Gasteiger partial charge in [-0.1, -0.05) is 19.1 Å². The van der Waals surface area contributed by atoms with Crippen LogP contribution in [0, 0.1) is 6.92 Å². The zero-order chi connectivity index (χ0) is 27.9. The molecule has 208 valence electrons. The van der Waals surface area contributed by atoms with E-state index in [2.05, 4.69) is 56.7 Å². The number of nitrogens with one attached hydrogen (secondary N) is 1. The second-order valence-corrected chi connectivity index (χ2v) is 14.0. The molecule has 0 saturated carbocycles. The molecule has 5 rings (SSSR count). The number of nitrogens with zero attached hydrogens (tertiary/aromatic N) is 6. The molecular weight excluding hydrogens is 510 g/mol. The Morgan fingerprint density at radius 3 is 2.59 bits per heavy atom. The molecule has 0 unspecified atom stereocenters. The molecule has 1 saturated heterocycles. The maximum Gasteiger partial charge on any atom is 0.229 e. The summed E-state index contributed by atoms with van der Waals surface area (Å²) in [5.41, 5.74) is 3.90. The Morgan fingerprint density at radius 1 is 1.18 bits per heavy atom. The Kier molecular flexibility index (Phi) is 7.39. The third kappa shape index (κ3) is 5.50. The van der Waals surface area contributed by atoms with Gasteiger partial charge in [0.2, 0.25) is 5.95 Å². The van der Waals surface area contributed by atoms with Gasteiger partial charge in [0, 0.05) is 51.1 Å². The van der Waals surface area contributed by atoms with Crippen molar-refractivity contribution < 1.29 is 9.32 Å². The topological polar surface area (TPSA) is 107 Å². The van der Waals surface area contributed by atoms with Crippen LogP contribution in [0.5, 0.6) is 0 Å². The maximum absolute atomic E-state index is 12.3. The number of aliphatic hydroxyl groups excluding tert-OH is 1. The summed E-state index contributed by atoms with van der Waals surface area (Å²) >= 11 is 0. The van der Waals surface area contributed by atoms with E-state index in [1.165, 1.54) is 24.0 Å². The molecule has 9 nitrogen and oxygen atoms in total. The van der Waals surface area contributed by atoms with Gasteiger partial charge in [0.1, 0.15) is 11.6 Å². The zero-order valence-electron chi connectivity index (χ0n) is 23.7. The SMILES string of the molecule is Cc1cc(Nc2ncc3c(n2)N(c2cccc(N=S(C)(C)=O)n2)[C@@H](C)[C@]3(C)CO)ccc1C1CCN(C)CC1. The lowest BCUT2D eigenvalue weighted by atomic mass is 9.81. The molecule has 2 aromatic heterocycles. The summed E-state index contributed by atoms with van der Waals surface area (Å²) in [5.74, 6) is 2.80.